The smallest absolute Gasteiger partial charge is 0.228 e. The third-order valence-electron chi connectivity index (χ3n) is 1.73. The van der Waals surface area contributed by atoms with Crippen LogP contribution in [0.5, 0.6) is 0 Å². The van der Waals surface area contributed by atoms with Gasteiger partial charge in [0.25, 0.3) is 0 Å². The van der Waals surface area contributed by atoms with Crippen molar-refractivity contribution in [2.75, 3.05) is 0 Å². The highest BCUT2D eigenvalue weighted by Gasteiger charge is 2.29. The first kappa shape index (κ1) is 5.65. The Kier molecular flexibility index (Phi) is 1.09. The topological polar surface area (TPSA) is 34.0 Å². The Balaban J connectivity index is 2.27. The van der Waals surface area contributed by atoms with Crippen LogP contribution < -0.4 is 0 Å². The van der Waals surface area contributed by atoms with Crippen LogP contribution in [0.4, 0.5) is 0 Å². The van der Waals surface area contributed by atoms with Gasteiger partial charge in [-0.3, -0.25) is 0 Å². The van der Waals surface area contributed by atoms with Gasteiger partial charge in [0.15, 0.2) is 0 Å². The number of hydrogen-bond acceptors (Lipinski definition) is 3. The lowest BCUT2D eigenvalue weighted by Gasteiger charge is -2.11. The first-order valence-electron chi connectivity index (χ1n) is 3.28. The van der Waals surface area contributed by atoms with Crippen molar-refractivity contribution in [3.63, 3.8) is 0 Å². The van der Waals surface area contributed by atoms with E-state index >= 15 is 0 Å². The quantitative estimate of drug-likeness (QED) is 0.488. The van der Waals surface area contributed by atoms with Crippen LogP contribution >= 0.6 is 0 Å². The normalized spacial score (nSPS) is 35.1. The molecule has 0 aromatic heterocycles. The molecule has 2 atom stereocenters. The Bertz CT molecular complexity index is 230. The van der Waals surface area contributed by atoms with Gasteiger partial charge in [-0.25, -0.2) is 4.99 Å². The van der Waals surface area contributed by atoms with E-state index in [1.165, 1.54) is 0 Å². The molecule has 2 aliphatic rings. The van der Waals surface area contributed by atoms with Gasteiger partial charge in [0.2, 0.25) is 6.23 Å². The van der Waals surface area contributed by atoms with E-state index in [0.29, 0.717) is 0 Å². The largest absolute Gasteiger partial charge is 0.368 e. The van der Waals surface area contributed by atoms with Gasteiger partial charge in [0.05, 0.1) is 11.6 Å². The highest BCUT2D eigenvalue weighted by atomic mass is 16.7. The summed E-state index contributed by atoms with van der Waals surface area (Å²) in [7, 11) is 0. The summed E-state index contributed by atoms with van der Waals surface area (Å²) in [6.07, 6.45) is 5.65. The van der Waals surface area contributed by atoms with E-state index < -0.39 is 0 Å². The van der Waals surface area contributed by atoms with Crippen LogP contribution in [0, 0.1) is 5.92 Å². The third kappa shape index (κ3) is 0.667. The summed E-state index contributed by atoms with van der Waals surface area (Å²) in [5.41, 5.74) is 1.01. The highest BCUT2D eigenvalue weighted by molar-refractivity contribution is 5.89. The zero-order valence-electron chi connectivity index (χ0n) is 5.69. The monoisotopic (exact) mass is 136 g/mol. The molecular formula is C7H8N2O. The van der Waals surface area contributed by atoms with Gasteiger partial charge in [-0.1, -0.05) is 11.2 Å². The van der Waals surface area contributed by atoms with E-state index in [4.69, 9.17) is 4.84 Å². The van der Waals surface area contributed by atoms with Crippen LogP contribution in [0.1, 0.15) is 6.92 Å². The van der Waals surface area contributed by atoms with Crippen molar-refractivity contribution in [3.8, 4) is 0 Å². The molecule has 2 rings (SSSR count). The molecule has 0 aromatic carbocycles. The summed E-state index contributed by atoms with van der Waals surface area (Å²) in [6, 6.07) is 0. The Labute approximate surface area is 59.1 Å². The molecule has 10 heavy (non-hydrogen) atoms. The molecule has 2 unspecified atom stereocenters. The third-order valence-corrected chi connectivity index (χ3v) is 1.73. The second-order valence-electron chi connectivity index (χ2n) is 2.44. The molecule has 2 aliphatic heterocycles. The molecule has 0 aromatic rings. The van der Waals surface area contributed by atoms with E-state index in [-0.39, 0.29) is 12.1 Å². The van der Waals surface area contributed by atoms with E-state index in [9.17, 15) is 0 Å². The van der Waals surface area contributed by atoms with Crippen LogP contribution in [-0.4, -0.2) is 18.2 Å². The number of aliphatic imine (C=N–C) groups is 1. The summed E-state index contributed by atoms with van der Waals surface area (Å²) >= 11 is 0. The van der Waals surface area contributed by atoms with Crippen molar-refractivity contribution in [3.05, 3.63) is 12.2 Å². The zero-order chi connectivity index (χ0) is 6.97. The number of oxime groups is 1. The average Bonchev–Trinajstić information content (AvgIpc) is 2.34. The van der Waals surface area contributed by atoms with Gasteiger partial charge >= 0.3 is 0 Å². The maximum Gasteiger partial charge on any atom is 0.228 e. The fourth-order valence-electron chi connectivity index (χ4n) is 1.13. The van der Waals surface area contributed by atoms with Crippen molar-refractivity contribution >= 4 is 11.9 Å². The minimum atomic E-state index is -0.0787. The van der Waals surface area contributed by atoms with Gasteiger partial charge < -0.3 is 4.84 Å². The fraction of sp³-hybridized carbons (Fsp3) is 0.429. The van der Waals surface area contributed by atoms with Crippen molar-refractivity contribution in [2.45, 2.75) is 13.2 Å². The standard InChI is InChI=1S/C7H8N2O/c1-5-6-3-2-4-8-7(6)10-9-5/h2-4,6-7H,1H3. The van der Waals surface area contributed by atoms with Crippen LogP contribution in [0.25, 0.3) is 0 Å². The van der Waals surface area contributed by atoms with Crippen LogP contribution in [0.2, 0.25) is 0 Å². The lowest BCUT2D eigenvalue weighted by Crippen LogP contribution is -2.19. The molecule has 0 fully saturated rings. The van der Waals surface area contributed by atoms with Gasteiger partial charge in [-0.05, 0) is 13.0 Å². The van der Waals surface area contributed by atoms with Gasteiger partial charge in [-0.15, -0.1) is 0 Å². The molecule has 0 amide bonds. The summed E-state index contributed by atoms with van der Waals surface area (Å²) in [4.78, 5) is 9.10. The molecule has 0 spiro atoms. The number of hydrogen-bond donors (Lipinski definition) is 0. The van der Waals surface area contributed by atoms with Crippen molar-refractivity contribution in [2.24, 2.45) is 16.1 Å². The van der Waals surface area contributed by atoms with Crippen LogP contribution in [0.3, 0.4) is 0 Å². The number of fused-ring (bicyclic) bond motifs is 1. The first-order chi connectivity index (χ1) is 4.88. The minimum Gasteiger partial charge on any atom is -0.368 e. The van der Waals surface area contributed by atoms with Gasteiger partial charge in [0.1, 0.15) is 0 Å². The number of allylic oxidation sites excluding steroid dienone is 1. The maximum absolute atomic E-state index is 5.01. The maximum atomic E-state index is 5.01. The predicted octanol–water partition coefficient (Wildman–Crippen LogP) is 0.975. The summed E-state index contributed by atoms with van der Waals surface area (Å²) in [6.45, 7) is 1.95. The van der Waals surface area contributed by atoms with Crippen LogP contribution in [0.15, 0.2) is 22.3 Å². The van der Waals surface area contributed by atoms with Crippen molar-refractivity contribution in [1.29, 1.82) is 0 Å². The summed E-state index contributed by atoms with van der Waals surface area (Å²) in [5.74, 6) is 0.282. The van der Waals surface area contributed by atoms with E-state index in [2.05, 4.69) is 16.2 Å². The highest BCUT2D eigenvalue weighted by Crippen LogP contribution is 2.22. The molecule has 3 nitrogen and oxygen atoms in total. The molecule has 2 heterocycles. The van der Waals surface area contributed by atoms with Crippen LogP contribution in [-0.2, 0) is 4.84 Å². The lowest BCUT2D eigenvalue weighted by atomic mass is 10.0. The Morgan fingerprint density at radius 1 is 1.60 bits per heavy atom. The summed E-state index contributed by atoms with van der Waals surface area (Å²) < 4.78 is 0. The molecule has 0 saturated carbocycles. The molecule has 0 bridgehead atoms. The Morgan fingerprint density at radius 3 is 3.30 bits per heavy atom. The molecule has 0 N–H and O–H groups in total. The second-order valence-corrected chi connectivity index (χ2v) is 2.44. The van der Waals surface area contributed by atoms with Gasteiger partial charge in [0, 0.05) is 6.21 Å². The van der Waals surface area contributed by atoms with Gasteiger partial charge in [-0.2, -0.15) is 0 Å². The molecule has 3 heteroatoms. The average molecular weight is 136 g/mol. The van der Waals surface area contributed by atoms with E-state index in [1.807, 2.05) is 13.0 Å². The SMILES string of the molecule is CC1=NOC2N=CC=CC12. The second kappa shape index (κ2) is 1.94. The number of dihydropyridines is 1. The van der Waals surface area contributed by atoms with Crippen molar-refractivity contribution < 1.29 is 4.84 Å². The predicted molar refractivity (Wildman–Crippen MR) is 39.1 cm³/mol. The molecule has 0 aliphatic carbocycles. The number of rotatable bonds is 0. The lowest BCUT2D eigenvalue weighted by molar-refractivity contribution is 0.0777. The molecule has 0 saturated heterocycles. The summed E-state index contributed by atoms with van der Waals surface area (Å²) in [5, 5.41) is 3.83. The minimum absolute atomic E-state index is 0.0787. The number of nitrogens with zero attached hydrogens (tertiary/aromatic N) is 2. The van der Waals surface area contributed by atoms with Crippen molar-refractivity contribution in [1.82, 2.24) is 0 Å². The van der Waals surface area contributed by atoms with E-state index in [0.717, 1.165) is 5.71 Å². The zero-order valence-corrected chi connectivity index (χ0v) is 5.69. The molecular weight excluding hydrogens is 128 g/mol. The van der Waals surface area contributed by atoms with E-state index in [1.54, 1.807) is 6.21 Å². The Morgan fingerprint density at radius 2 is 2.50 bits per heavy atom. The Hall–Kier alpha value is -1.12. The fourth-order valence-corrected chi connectivity index (χ4v) is 1.13. The molecule has 52 valence electrons. The first-order valence-corrected chi connectivity index (χ1v) is 3.28. The molecule has 0 radical (unpaired) electrons.